The van der Waals surface area contributed by atoms with E-state index in [0.717, 1.165) is 39.4 Å². The van der Waals surface area contributed by atoms with Gasteiger partial charge >= 0.3 is 0 Å². The fourth-order valence-corrected chi connectivity index (χ4v) is 2.85. The van der Waals surface area contributed by atoms with Gasteiger partial charge in [0.2, 0.25) is 5.88 Å². The van der Waals surface area contributed by atoms with Gasteiger partial charge in [-0.05, 0) is 37.3 Å². The Bertz CT molecular complexity index is 1090. The van der Waals surface area contributed by atoms with Crippen molar-refractivity contribution in [3.8, 4) is 28.5 Å². The maximum Gasteiger partial charge on any atom is 0.219 e. The van der Waals surface area contributed by atoms with Crippen molar-refractivity contribution in [2.24, 2.45) is 0 Å². The molecule has 0 aromatic carbocycles. The molecule has 0 unspecified atom stereocenters. The summed E-state index contributed by atoms with van der Waals surface area (Å²) in [4.78, 5) is 13.8. The molecule has 0 bridgehead atoms. The van der Waals surface area contributed by atoms with Crippen LogP contribution in [0.25, 0.3) is 33.7 Å². The van der Waals surface area contributed by atoms with Crippen molar-refractivity contribution in [2.75, 3.05) is 19.5 Å². The zero-order chi connectivity index (χ0) is 18.1. The molecule has 0 saturated carbocycles. The number of rotatable bonds is 4. The number of hydrogen-bond acceptors (Lipinski definition) is 6. The number of hydrogen-bond donors (Lipinski definition) is 2. The molecule has 7 heteroatoms. The molecule has 26 heavy (non-hydrogen) atoms. The molecule has 4 aromatic heterocycles. The minimum absolute atomic E-state index is 0.549. The molecule has 0 saturated heterocycles. The number of aromatic amines is 1. The summed E-state index contributed by atoms with van der Waals surface area (Å²) in [5, 5.41) is 10.4. The summed E-state index contributed by atoms with van der Waals surface area (Å²) in [5.74, 6) is 0.549. The second-order valence-corrected chi connectivity index (χ2v) is 5.85. The predicted octanol–water partition coefficient (Wildman–Crippen LogP) is 3.44. The van der Waals surface area contributed by atoms with E-state index in [0.29, 0.717) is 11.6 Å². The standard InChI is InChI=1S/C19H18N6O/c1-11-5-4-6-15(22-11)18-17(19(26-3)25-24-18)14-8-7-13-16(23-14)9-12(20-2)10-21-13/h4-10,20H,1-3H3,(H,24,25). The largest absolute Gasteiger partial charge is 0.481 e. The van der Waals surface area contributed by atoms with Gasteiger partial charge < -0.3 is 10.1 Å². The van der Waals surface area contributed by atoms with Crippen molar-refractivity contribution >= 4 is 16.7 Å². The van der Waals surface area contributed by atoms with Crippen molar-refractivity contribution < 1.29 is 4.74 Å². The monoisotopic (exact) mass is 346 g/mol. The van der Waals surface area contributed by atoms with Crippen LogP contribution in [0.2, 0.25) is 0 Å². The van der Waals surface area contributed by atoms with Crippen LogP contribution in [0.15, 0.2) is 42.6 Å². The Balaban J connectivity index is 1.92. The molecule has 0 fully saturated rings. The number of aromatic nitrogens is 5. The highest BCUT2D eigenvalue weighted by Gasteiger charge is 2.20. The summed E-state index contributed by atoms with van der Waals surface area (Å²) >= 11 is 0. The Morgan fingerprint density at radius 3 is 2.69 bits per heavy atom. The third-order valence-corrected chi connectivity index (χ3v) is 4.15. The van der Waals surface area contributed by atoms with Crippen molar-refractivity contribution in [1.82, 2.24) is 25.1 Å². The maximum atomic E-state index is 5.48. The summed E-state index contributed by atoms with van der Waals surface area (Å²) in [6.07, 6.45) is 1.78. The number of ether oxygens (including phenoxy) is 1. The van der Waals surface area contributed by atoms with Crippen LogP contribution in [0.5, 0.6) is 5.88 Å². The normalized spacial score (nSPS) is 10.9. The molecule has 4 heterocycles. The number of nitrogens with zero attached hydrogens (tertiary/aromatic N) is 4. The van der Waals surface area contributed by atoms with E-state index in [4.69, 9.17) is 9.72 Å². The lowest BCUT2D eigenvalue weighted by molar-refractivity contribution is 0.398. The van der Waals surface area contributed by atoms with Crippen LogP contribution >= 0.6 is 0 Å². The number of fused-ring (bicyclic) bond motifs is 1. The van der Waals surface area contributed by atoms with Gasteiger partial charge in [-0.15, -0.1) is 0 Å². The van der Waals surface area contributed by atoms with Crippen molar-refractivity contribution in [3.63, 3.8) is 0 Å². The van der Waals surface area contributed by atoms with Gasteiger partial charge in [-0.2, -0.15) is 5.10 Å². The van der Waals surface area contributed by atoms with Crippen LogP contribution in [-0.2, 0) is 0 Å². The van der Waals surface area contributed by atoms with Crippen LogP contribution < -0.4 is 10.1 Å². The number of pyridine rings is 3. The van der Waals surface area contributed by atoms with Crippen LogP contribution in [-0.4, -0.2) is 39.3 Å². The first-order chi connectivity index (χ1) is 12.7. The molecular formula is C19H18N6O. The van der Waals surface area contributed by atoms with Crippen molar-refractivity contribution in [2.45, 2.75) is 6.92 Å². The first-order valence-corrected chi connectivity index (χ1v) is 8.21. The molecule has 0 aliphatic carbocycles. The van der Waals surface area contributed by atoms with E-state index in [1.54, 1.807) is 13.3 Å². The number of methoxy groups -OCH3 is 1. The summed E-state index contributed by atoms with van der Waals surface area (Å²) in [6, 6.07) is 11.7. The molecular weight excluding hydrogens is 328 g/mol. The smallest absolute Gasteiger partial charge is 0.219 e. The first kappa shape index (κ1) is 16.0. The molecule has 0 amide bonds. The van der Waals surface area contributed by atoms with Gasteiger partial charge in [0.1, 0.15) is 5.69 Å². The van der Waals surface area contributed by atoms with Gasteiger partial charge in [0.15, 0.2) is 0 Å². The Morgan fingerprint density at radius 1 is 1.04 bits per heavy atom. The Morgan fingerprint density at radius 2 is 1.92 bits per heavy atom. The van der Waals surface area contributed by atoms with Crippen molar-refractivity contribution in [3.05, 3.63) is 48.3 Å². The molecule has 130 valence electrons. The summed E-state index contributed by atoms with van der Waals surface area (Å²) in [5.41, 5.74) is 6.44. The van der Waals surface area contributed by atoms with Gasteiger partial charge in [0, 0.05) is 12.7 Å². The highest BCUT2D eigenvalue weighted by atomic mass is 16.5. The Hall–Kier alpha value is -3.48. The molecule has 0 radical (unpaired) electrons. The van der Waals surface area contributed by atoms with E-state index in [2.05, 4.69) is 25.5 Å². The van der Waals surface area contributed by atoms with Gasteiger partial charge in [-0.1, -0.05) is 6.07 Å². The van der Waals surface area contributed by atoms with Crippen molar-refractivity contribution in [1.29, 1.82) is 0 Å². The number of aryl methyl sites for hydroxylation is 1. The van der Waals surface area contributed by atoms with Gasteiger partial charge in [-0.25, -0.2) is 10.1 Å². The predicted molar refractivity (Wildman–Crippen MR) is 101 cm³/mol. The molecule has 0 atom stereocenters. The minimum Gasteiger partial charge on any atom is -0.481 e. The zero-order valence-corrected chi connectivity index (χ0v) is 14.7. The second-order valence-electron chi connectivity index (χ2n) is 5.85. The average Bonchev–Trinajstić information content (AvgIpc) is 3.11. The fourth-order valence-electron chi connectivity index (χ4n) is 2.85. The van der Waals surface area contributed by atoms with Gasteiger partial charge in [-0.3, -0.25) is 9.97 Å². The third-order valence-electron chi connectivity index (χ3n) is 4.15. The minimum atomic E-state index is 0.549. The molecule has 4 rings (SSSR count). The van der Waals surface area contributed by atoms with Gasteiger partial charge in [0.25, 0.3) is 0 Å². The summed E-state index contributed by atoms with van der Waals surface area (Å²) in [7, 11) is 3.46. The zero-order valence-electron chi connectivity index (χ0n) is 14.7. The lowest BCUT2D eigenvalue weighted by Crippen LogP contribution is -1.94. The fraction of sp³-hybridized carbons (Fsp3) is 0.158. The number of anilines is 1. The lowest BCUT2D eigenvalue weighted by atomic mass is 10.1. The van der Waals surface area contributed by atoms with E-state index in [-0.39, 0.29) is 0 Å². The molecule has 0 aliphatic heterocycles. The van der Waals surface area contributed by atoms with E-state index in [1.165, 1.54) is 0 Å². The highest BCUT2D eigenvalue weighted by Crippen LogP contribution is 2.36. The topological polar surface area (TPSA) is 88.6 Å². The molecule has 7 nitrogen and oxygen atoms in total. The number of H-pyrrole nitrogens is 1. The summed E-state index contributed by atoms with van der Waals surface area (Å²) < 4.78 is 5.48. The molecule has 0 spiro atoms. The number of nitrogens with one attached hydrogen (secondary N) is 2. The molecule has 4 aromatic rings. The highest BCUT2D eigenvalue weighted by molar-refractivity contribution is 5.86. The van der Waals surface area contributed by atoms with Crippen LogP contribution in [0.4, 0.5) is 5.69 Å². The second kappa shape index (κ2) is 6.44. The molecule has 2 N–H and O–H groups in total. The Kier molecular flexibility index (Phi) is 3.96. The van der Waals surface area contributed by atoms with E-state index in [1.807, 2.05) is 50.4 Å². The Labute approximate surface area is 150 Å². The van der Waals surface area contributed by atoms with E-state index < -0.39 is 0 Å². The van der Waals surface area contributed by atoms with Crippen LogP contribution in [0.3, 0.4) is 0 Å². The van der Waals surface area contributed by atoms with Gasteiger partial charge in [0.05, 0.1) is 47.0 Å². The first-order valence-electron chi connectivity index (χ1n) is 8.21. The van der Waals surface area contributed by atoms with E-state index in [9.17, 15) is 0 Å². The SMILES string of the molecule is CNc1cnc2ccc(-c3c(-c4cccc(C)n4)n[nH]c3OC)nc2c1. The van der Waals surface area contributed by atoms with Crippen LogP contribution in [0, 0.1) is 6.92 Å². The average molecular weight is 346 g/mol. The lowest BCUT2D eigenvalue weighted by Gasteiger charge is -2.07. The van der Waals surface area contributed by atoms with E-state index >= 15 is 0 Å². The molecule has 0 aliphatic rings. The quantitative estimate of drug-likeness (QED) is 0.588. The van der Waals surface area contributed by atoms with Crippen LogP contribution in [0.1, 0.15) is 5.69 Å². The third kappa shape index (κ3) is 2.73. The maximum absolute atomic E-state index is 5.48. The summed E-state index contributed by atoms with van der Waals surface area (Å²) in [6.45, 7) is 1.95.